The summed E-state index contributed by atoms with van der Waals surface area (Å²) >= 11 is 5.82. The summed E-state index contributed by atoms with van der Waals surface area (Å²) in [5, 5.41) is 18.3. The van der Waals surface area contributed by atoms with Gasteiger partial charge in [-0.3, -0.25) is 0 Å². The van der Waals surface area contributed by atoms with Crippen molar-refractivity contribution >= 4 is 11.6 Å². The van der Waals surface area contributed by atoms with Gasteiger partial charge in [-0.25, -0.2) is 0 Å². The second-order valence-electron chi connectivity index (χ2n) is 3.12. The predicted molar refractivity (Wildman–Crippen MR) is 54.8 cm³/mol. The lowest BCUT2D eigenvalue weighted by atomic mass is 10.0. The van der Waals surface area contributed by atoms with E-state index in [9.17, 15) is 5.11 Å². The van der Waals surface area contributed by atoms with Gasteiger partial charge in [-0.2, -0.15) is 5.26 Å². The molecule has 0 amide bonds. The molecule has 3 nitrogen and oxygen atoms in total. The summed E-state index contributed by atoms with van der Waals surface area (Å²) in [5.41, 5.74) is 6.84. The molecule has 0 aliphatic carbocycles. The molecule has 0 saturated carbocycles. The first-order chi connectivity index (χ1) is 6.56. The largest absolute Gasteiger partial charge is 0.391 e. The highest BCUT2D eigenvalue weighted by Gasteiger charge is 2.13. The number of nitrogens with zero attached hydrogens (tertiary/aromatic N) is 1. The summed E-state index contributed by atoms with van der Waals surface area (Å²) in [7, 11) is 0. The molecule has 0 saturated heterocycles. The van der Waals surface area contributed by atoms with E-state index in [4.69, 9.17) is 22.6 Å². The van der Waals surface area contributed by atoms with E-state index in [0.29, 0.717) is 10.6 Å². The second kappa shape index (κ2) is 4.43. The van der Waals surface area contributed by atoms with Crippen molar-refractivity contribution < 1.29 is 5.11 Å². The van der Waals surface area contributed by atoms with Gasteiger partial charge in [0.15, 0.2) is 0 Å². The number of halogens is 1. The Morgan fingerprint density at radius 2 is 2.21 bits per heavy atom. The quantitative estimate of drug-likeness (QED) is 0.779. The van der Waals surface area contributed by atoms with Gasteiger partial charge in [0, 0.05) is 0 Å². The van der Waals surface area contributed by atoms with Crippen LogP contribution in [-0.2, 0) is 0 Å². The Hall–Kier alpha value is -1.08. The predicted octanol–water partition coefficient (Wildman–Crippen LogP) is 1.59. The molecule has 0 fully saturated rings. The molecule has 0 aliphatic rings. The van der Waals surface area contributed by atoms with Gasteiger partial charge in [-0.05, 0) is 24.6 Å². The summed E-state index contributed by atoms with van der Waals surface area (Å²) in [5.74, 6) is 0. The first-order valence-electron chi connectivity index (χ1n) is 4.19. The molecule has 4 heteroatoms. The van der Waals surface area contributed by atoms with Gasteiger partial charge in [0.1, 0.15) is 6.07 Å². The number of hydrogen-bond acceptors (Lipinski definition) is 3. The summed E-state index contributed by atoms with van der Waals surface area (Å²) in [6, 6.07) is 6.39. The third kappa shape index (κ3) is 2.24. The maximum atomic E-state index is 9.26. The fraction of sp³-hybridized carbons (Fsp3) is 0.300. The Balaban J connectivity index is 3.04. The monoisotopic (exact) mass is 210 g/mol. The van der Waals surface area contributed by atoms with Gasteiger partial charge >= 0.3 is 0 Å². The number of nitrogens with two attached hydrogens (primary N) is 1. The molecule has 1 aromatic carbocycles. The maximum absolute atomic E-state index is 9.26. The van der Waals surface area contributed by atoms with Crippen molar-refractivity contribution in [2.75, 3.05) is 0 Å². The summed E-state index contributed by atoms with van der Waals surface area (Å²) in [4.78, 5) is 0. The lowest BCUT2D eigenvalue weighted by Gasteiger charge is -2.15. The molecule has 0 aliphatic heterocycles. The molecule has 1 aromatic rings. The lowest BCUT2D eigenvalue weighted by molar-refractivity contribution is 0.164. The van der Waals surface area contributed by atoms with E-state index in [1.165, 1.54) is 0 Å². The highest BCUT2D eigenvalue weighted by molar-refractivity contribution is 6.31. The first kappa shape index (κ1) is 11.0. The smallest absolute Gasteiger partial charge is 0.101 e. The van der Waals surface area contributed by atoms with Crippen LogP contribution in [0.2, 0.25) is 5.02 Å². The zero-order valence-corrected chi connectivity index (χ0v) is 8.49. The zero-order chi connectivity index (χ0) is 10.7. The molecule has 1 rings (SSSR count). The Kier molecular flexibility index (Phi) is 3.48. The van der Waals surface area contributed by atoms with Gasteiger partial charge in [0.05, 0.1) is 22.7 Å². The highest BCUT2D eigenvalue weighted by Crippen LogP contribution is 2.21. The van der Waals surface area contributed by atoms with Crippen molar-refractivity contribution in [2.45, 2.75) is 19.1 Å². The Bertz CT molecular complexity index is 371. The molecule has 0 spiro atoms. The molecule has 2 atom stereocenters. The molecule has 74 valence electrons. The number of hydrogen-bond donors (Lipinski definition) is 2. The normalized spacial score (nSPS) is 14.5. The van der Waals surface area contributed by atoms with Crippen LogP contribution in [0.25, 0.3) is 0 Å². The van der Waals surface area contributed by atoms with Crippen LogP contribution in [0, 0.1) is 11.3 Å². The SMILES string of the molecule is CC(O)[C@@H](N)c1ccc(C#N)c(Cl)c1. The fourth-order valence-corrected chi connectivity index (χ4v) is 1.34. The average molecular weight is 211 g/mol. The third-order valence-electron chi connectivity index (χ3n) is 2.02. The average Bonchev–Trinajstić information content (AvgIpc) is 2.16. The van der Waals surface area contributed by atoms with Crippen LogP contribution in [0.4, 0.5) is 0 Å². The molecule has 14 heavy (non-hydrogen) atoms. The molecule has 0 bridgehead atoms. The van der Waals surface area contributed by atoms with Gasteiger partial charge < -0.3 is 10.8 Å². The summed E-state index contributed by atoms with van der Waals surface area (Å²) < 4.78 is 0. The second-order valence-corrected chi connectivity index (χ2v) is 3.52. The van der Waals surface area contributed by atoms with Crippen molar-refractivity contribution in [3.63, 3.8) is 0 Å². The van der Waals surface area contributed by atoms with Gasteiger partial charge in [-0.1, -0.05) is 17.7 Å². The standard InChI is InChI=1S/C10H11ClN2O/c1-6(14)10(13)7-2-3-8(5-12)9(11)4-7/h2-4,6,10,14H,13H2,1H3/t6?,10-/m1/s1. The van der Waals surface area contributed by atoms with E-state index in [2.05, 4.69) is 0 Å². The van der Waals surface area contributed by atoms with E-state index < -0.39 is 12.1 Å². The van der Waals surface area contributed by atoms with Crippen molar-refractivity contribution in [1.82, 2.24) is 0 Å². The Labute approximate surface area is 87.7 Å². The number of nitriles is 1. The number of benzene rings is 1. The van der Waals surface area contributed by atoms with Crippen LogP contribution in [-0.4, -0.2) is 11.2 Å². The molecule has 0 heterocycles. The summed E-state index contributed by atoms with van der Waals surface area (Å²) in [6.07, 6.45) is -0.640. The van der Waals surface area contributed by atoms with E-state index in [-0.39, 0.29) is 0 Å². The van der Waals surface area contributed by atoms with Crippen LogP contribution in [0.1, 0.15) is 24.1 Å². The fourth-order valence-electron chi connectivity index (χ4n) is 1.11. The van der Waals surface area contributed by atoms with Gasteiger partial charge in [0.2, 0.25) is 0 Å². The van der Waals surface area contributed by atoms with Crippen LogP contribution in [0.3, 0.4) is 0 Å². The minimum atomic E-state index is -0.640. The minimum absolute atomic E-state index is 0.362. The summed E-state index contributed by atoms with van der Waals surface area (Å²) in [6.45, 7) is 1.61. The van der Waals surface area contributed by atoms with Crippen molar-refractivity contribution in [1.29, 1.82) is 5.26 Å². The molecule has 0 radical (unpaired) electrons. The van der Waals surface area contributed by atoms with Crippen molar-refractivity contribution in [2.24, 2.45) is 5.73 Å². The first-order valence-corrected chi connectivity index (χ1v) is 4.57. The van der Waals surface area contributed by atoms with Crippen LogP contribution < -0.4 is 5.73 Å². The Morgan fingerprint density at radius 3 is 2.64 bits per heavy atom. The van der Waals surface area contributed by atoms with Gasteiger partial charge in [0.25, 0.3) is 0 Å². The molecule has 0 aromatic heterocycles. The molecule has 3 N–H and O–H groups in total. The highest BCUT2D eigenvalue weighted by atomic mass is 35.5. The van der Waals surface area contributed by atoms with E-state index in [0.717, 1.165) is 5.56 Å². The van der Waals surface area contributed by atoms with Crippen LogP contribution in [0.5, 0.6) is 0 Å². The number of rotatable bonds is 2. The topological polar surface area (TPSA) is 70.0 Å². The maximum Gasteiger partial charge on any atom is 0.101 e. The molecular weight excluding hydrogens is 200 g/mol. The van der Waals surface area contributed by atoms with Gasteiger partial charge in [-0.15, -0.1) is 0 Å². The van der Waals surface area contributed by atoms with E-state index in [1.807, 2.05) is 6.07 Å². The van der Waals surface area contributed by atoms with Crippen LogP contribution in [0.15, 0.2) is 18.2 Å². The molecular formula is C10H11ClN2O. The molecule has 1 unspecified atom stereocenters. The van der Waals surface area contributed by atoms with Crippen molar-refractivity contribution in [3.8, 4) is 6.07 Å². The number of aliphatic hydroxyl groups is 1. The Morgan fingerprint density at radius 1 is 1.57 bits per heavy atom. The van der Waals surface area contributed by atoms with Crippen molar-refractivity contribution in [3.05, 3.63) is 34.3 Å². The van der Waals surface area contributed by atoms with Crippen LogP contribution >= 0.6 is 11.6 Å². The van der Waals surface area contributed by atoms with E-state index in [1.54, 1.807) is 25.1 Å². The zero-order valence-electron chi connectivity index (χ0n) is 7.74. The lowest BCUT2D eigenvalue weighted by Crippen LogP contribution is -2.23. The van der Waals surface area contributed by atoms with E-state index >= 15 is 0 Å². The minimum Gasteiger partial charge on any atom is -0.391 e. The number of aliphatic hydroxyl groups excluding tert-OH is 1. The third-order valence-corrected chi connectivity index (χ3v) is 2.33.